The summed E-state index contributed by atoms with van der Waals surface area (Å²) in [6.07, 6.45) is 7.53. The molecular weight excluding hydrogens is 241 g/mol. The van der Waals surface area contributed by atoms with E-state index in [9.17, 15) is 4.39 Å². The molecule has 0 saturated carbocycles. The van der Waals surface area contributed by atoms with Crippen molar-refractivity contribution in [3.8, 4) is 0 Å². The number of hydrogen-bond donors (Lipinski definition) is 1. The van der Waals surface area contributed by atoms with Crippen LogP contribution in [0.1, 0.15) is 44.6 Å². The Hall–Kier alpha value is -1.16. The van der Waals surface area contributed by atoms with E-state index < -0.39 is 0 Å². The van der Waals surface area contributed by atoms with Crippen LogP contribution in [0.3, 0.4) is 0 Å². The molecule has 1 N–H and O–H groups in total. The smallest absolute Gasteiger partial charge is 0.170 e. The number of rotatable bonds is 5. The summed E-state index contributed by atoms with van der Waals surface area (Å²) in [5.74, 6) is 0.394. The van der Waals surface area contributed by atoms with E-state index in [-0.39, 0.29) is 5.82 Å². The second kappa shape index (κ2) is 6.85. The maximum Gasteiger partial charge on any atom is 0.170 e. The third-order valence-electron chi connectivity index (χ3n) is 3.84. The Morgan fingerprint density at radius 3 is 3.05 bits per heavy atom. The Labute approximate surface area is 115 Å². The van der Waals surface area contributed by atoms with Gasteiger partial charge in [0, 0.05) is 30.9 Å². The van der Waals surface area contributed by atoms with E-state index in [1.54, 1.807) is 12.3 Å². The summed E-state index contributed by atoms with van der Waals surface area (Å²) in [6, 6.07) is 2.21. The van der Waals surface area contributed by atoms with Crippen molar-refractivity contribution >= 4 is 5.82 Å². The van der Waals surface area contributed by atoms with Gasteiger partial charge in [-0.3, -0.25) is 0 Å². The third-order valence-corrected chi connectivity index (χ3v) is 3.84. The highest BCUT2D eigenvalue weighted by Gasteiger charge is 2.25. The average molecular weight is 265 g/mol. The molecule has 106 valence electrons. The molecule has 1 atom stereocenters. The van der Waals surface area contributed by atoms with Crippen molar-refractivity contribution in [3.05, 3.63) is 23.6 Å². The zero-order valence-corrected chi connectivity index (χ0v) is 12.0. The van der Waals surface area contributed by atoms with Gasteiger partial charge in [-0.2, -0.15) is 0 Å². The van der Waals surface area contributed by atoms with Gasteiger partial charge < -0.3 is 10.2 Å². The van der Waals surface area contributed by atoms with Gasteiger partial charge in [-0.15, -0.1) is 0 Å². The molecular formula is C15H24FN3. The summed E-state index contributed by atoms with van der Waals surface area (Å²) in [5, 5.41) is 3.01. The highest BCUT2D eigenvalue weighted by atomic mass is 19.1. The molecule has 1 aliphatic heterocycles. The highest BCUT2D eigenvalue weighted by Crippen LogP contribution is 2.28. The number of aromatic nitrogens is 1. The maximum absolute atomic E-state index is 14.5. The van der Waals surface area contributed by atoms with Gasteiger partial charge in [0.1, 0.15) is 0 Å². The topological polar surface area (TPSA) is 28.2 Å². The van der Waals surface area contributed by atoms with E-state index in [1.807, 2.05) is 7.05 Å². The summed E-state index contributed by atoms with van der Waals surface area (Å²) in [5.41, 5.74) is 0.702. The number of halogens is 1. The predicted octanol–water partition coefficient (Wildman–Crippen LogP) is 3.10. The predicted molar refractivity (Wildman–Crippen MR) is 76.9 cm³/mol. The summed E-state index contributed by atoms with van der Waals surface area (Å²) in [4.78, 5) is 6.48. The van der Waals surface area contributed by atoms with Crippen LogP contribution in [0, 0.1) is 5.82 Å². The van der Waals surface area contributed by atoms with Crippen molar-refractivity contribution in [2.75, 3.05) is 18.5 Å². The fourth-order valence-corrected chi connectivity index (χ4v) is 2.91. The Kier molecular flexibility index (Phi) is 5.14. The van der Waals surface area contributed by atoms with Crippen LogP contribution in [-0.4, -0.2) is 24.6 Å². The molecule has 0 bridgehead atoms. The van der Waals surface area contributed by atoms with Crippen LogP contribution in [0.2, 0.25) is 0 Å². The van der Waals surface area contributed by atoms with E-state index >= 15 is 0 Å². The minimum Gasteiger partial charge on any atom is -0.351 e. The quantitative estimate of drug-likeness (QED) is 0.886. The van der Waals surface area contributed by atoms with Gasteiger partial charge in [0.25, 0.3) is 0 Å². The number of pyridine rings is 1. The molecule has 1 aromatic rings. The largest absolute Gasteiger partial charge is 0.351 e. The fraction of sp³-hybridized carbons (Fsp3) is 0.667. The van der Waals surface area contributed by atoms with Gasteiger partial charge in [0.05, 0.1) is 0 Å². The van der Waals surface area contributed by atoms with Crippen molar-refractivity contribution in [3.63, 3.8) is 0 Å². The second-order valence-electron chi connectivity index (χ2n) is 5.27. The summed E-state index contributed by atoms with van der Waals surface area (Å²) in [7, 11) is 1.83. The van der Waals surface area contributed by atoms with Crippen LogP contribution in [0.5, 0.6) is 0 Å². The maximum atomic E-state index is 14.5. The van der Waals surface area contributed by atoms with Gasteiger partial charge in [-0.1, -0.05) is 13.3 Å². The molecule has 0 aromatic carbocycles. The first-order chi connectivity index (χ1) is 9.27. The van der Waals surface area contributed by atoms with E-state index in [2.05, 4.69) is 22.1 Å². The van der Waals surface area contributed by atoms with E-state index in [1.165, 1.54) is 6.42 Å². The first-order valence-electron chi connectivity index (χ1n) is 7.32. The molecule has 2 rings (SSSR count). The van der Waals surface area contributed by atoms with E-state index in [4.69, 9.17) is 0 Å². The lowest BCUT2D eigenvalue weighted by atomic mass is 9.98. The summed E-state index contributed by atoms with van der Waals surface area (Å²) >= 11 is 0. The summed E-state index contributed by atoms with van der Waals surface area (Å²) < 4.78 is 14.5. The monoisotopic (exact) mass is 265 g/mol. The van der Waals surface area contributed by atoms with E-state index in [0.717, 1.165) is 32.2 Å². The molecule has 1 unspecified atom stereocenters. The highest BCUT2D eigenvalue weighted by molar-refractivity contribution is 5.44. The normalized spacial score (nSPS) is 19.7. The van der Waals surface area contributed by atoms with Gasteiger partial charge in [-0.25, -0.2) is 9.37 Å². The minimum absolute atomic E-state index is 0.153. The van der Waals surface area contributed by atoms with Crippen molar-refractivity contribution in [1.29, 1.82) is 0 Å². The van der Waals surface area contributed by atoms with Crippen LogP contribution in [-0.2, 0) is 6.54 Å². The van der Waals surface area contributed by atoms with Crippen molar-refractivity contribution in [2.45, 2.75) is 51.6 Å². The van der Waals surface area contributed by atoms with Crippen LogP contribution in [0.4, 0.5) is 10.2 Å². The molecule has 1 saturated heterocycles. The van der Waals surface area contributed by atoms with Crippen molar-refractivity contribution in [2.24, 2.45) is 0 Å². The molecule has 3 nitrogen and oxygen atoms in total. The van der Waals surface area contributed by atoms with Crippen LogP contribution < -0.4 is 10.2 Å². The molecule has 1 aliphatic rings. The number of nitrogens with one attached hydrogen (secondary N) is 1. The molecule has 0 radical (unpaired) electrons. The van der Waals surface area contributed by atoms with Crippen LogP contribution in [0.25, 0.3) is 0 Å². The lowest BCUT2D eigenvalue weighted by molar-refractivity contribution is 0.424. The van der Waals surface area contributed by atoms with Crippen LogP contribution >= 0.6 is 0 Å². The average Bonchev–Trinajstić information content (AvgIpc) is 2.43. The molecule has 19 heavy (non-hydrogen) atoms. The first-order valence-corrected chi connectivity index (χ1v) is 7.32. The standard InChI is InChI=1S/C15H24FN3/c1-3-6-13-7-4-5-10-19(13)15-14(16)12(11-17-2)8-9-18-15/h8-9,13,17H,3-7,10-11H2,1-2H3. The molecule has 1 fully saturated rings. The SMILES string of the molecule is CCCC1CCCCN1c1nccc(CNC)c1F. The first kappa shape index (κ1) is 14.3. The van der Waals surface area contributed by atoms with E-state index in [0.29, 0.717) is 24.0 Å². The van der Waals surface area contributed by atoms with Crippen molar-refractivity contribution in [1.82, 2.24) is 10.3 Å². The van der Waals surface area contributed by atoms with Crippen LogP contribution in [0.15, 0.2) is 12.3 Å². The van der Waals surface area contributed by atoms with Gasteiger partial charge in [-0.05, 0) is 38.8 Å². The van der Waals surface area contributed by atoms with Crippen molar-refractivity contribution < 1.29 is 4.39 Å². The summed E-state index contributed by atoms with van der Waals surface area (Å²) in [6.45, 7) is 3.67. The molecule has 0 aliphatic carbocycles. The zero-order valence-electron chi connectivity index (χ0n) is 12.0. The lowest BCUT2D eigenvalue weighted by Gasteiger charge is -2.37. The van der Waals surface area contributed by atoms with Gasteiger partial charge >= 0.3 is 0 Å². The number of nitrogens with zero attached hydrogens (tertiary/aromatic N) is 2. The molecule has 0 spiro atoms. The molecule has 4 heteroatoms. The Morgan fingerprint density at radius 2 is 2.32 bits per heavy atom. The second-order valence-corrected chi connectivity index (χ2v) is 5.27. The lowest BCUT2D eigenvalue weighted by Crippen LogP contribution is -2.40. The zero-order chi connectivity index (χ0) is 13.7. The molecule has 0 amide bonds. The Balaban J connectivity index is 2.25. The van der Waals surface area contributed by atoms with Gasteiger partial charge in [0.15, 0.2) is 11.6 Å². The minimum atomic E-state index is -0.153. The fourth-order valence-electron chi connectivity index (χ4n) is 2.91. The Morgan fingerprint density at radius 1 is 1.47 bits per heavy atom. The number of piperidine rings is 1. The van der Waals surface area contributed by atoms with Gasteiger partial charge in [0.2, 0.25) is 0 Å². The third kappa shape index (κ3) is 3.24. The molecule has 2 heterocycles. The number of anilines is 1. The molecule has 1 aromatic heterocycles. The number of hydrogen-bond acceptors (Lipinski definition) is 3. The Bertz CT molecular complexity index is 406.